The number of nitrogens with one attached hydrogen (secondary N) is 1. The molecule has 15 heavy (non-hydrogen) atoms. The summed E-state index contributed by atoms with van der Waals surface area (Å²) >= 11 is 0. The molecule has 2 rings (SSSR count). The van der Waals surface area contributed by atoms with Gasteiger partial charge in [-0.2, -0.15) is 0 Å². The molecule has 0 bridgehead atoms. The van der Waals surface area contributed by atoms with E-state index in [1.807, 2.05) is 25.7 Å². The molecule has 2 heterocycles. The Morgan fingerprint density at radius 3 is 2.60 bits per heavy atom. The summed E-state index contributed by atoms with van der Waals surface area (Å²) in [5, 5.41) is 3.41. The fourth-order valence-corrected chi connectivity index (χ4v) is 2.34. The maximum Gasteiger partial charge on any atom is 0.410 e. The molecule has 0 aliphatic carbocycles. The minimum absolute atomic E-state index is 0.168. The highest BCUT2D eigenvalue weighted by Crippen LogP contribution is 2.39. The predicted molar refractivity (Wildman–Crippen MR) is 57.8 cm³/mol. The first kappa shape index (κ1) is 10.7. The van der Waals surface area contributed by atoms with Gasteiger partial charge in [0.15, 0.2) is 0 Å². The number of piperazine rings is 1. The Morgan fingerprint density at radius 2 is 2.27 bits per heavy atom. The largest absolute Gasteiger partial charge is 0.444 e. The summed E-state index contributed by atoms with van der Waals surface area (Å²) in [5.74, 6) is 0. The number of rotatable bonds is 1. The van der Waals surface area contributed by atoms with Crippen molar-refractivity contribution >= 4 is 6.09 Å². The van der Waals surface area contributed by atoms with Gasteiger partial charge in [0.05, 0.1) is 11.6 Å². The van der Waals surface area contributed by atoms with Crippen LogP contribution in [-0.2, 0) is 4.74 Å². The molecule has 0 radical (unpaired) electrons. The van der Waals surface area contributed by atoms with Crippen molar-refractivity contribution in [2.45, 2.75) is 51.3 Å². The first-order chi connectivity index (χ1) is 6.88. The van der Waals surface area contributed by atoms with E-state index in [0.717, 1.165) is 19.5 Å². The van der Waals surface area contributed by atoms with Gasteiger partial charge in [-0.3, -0.25) is 0 Å². The predicted octanol–water partition coefficient (Wildman–Crippen LogP) is 1.36. The normalized spacial score (nSPS) is 33.9. The molecule has 2 atom stereocenters. The van der Waals surface area contributed by atoms with E-state index in [-0.39, 0.29) is 11.6 Å². The van der Waals surface area contributed by atoms with Crippen LogP contribution in [0.4, 0.5) is 4.79 Å². The number of likely N-dealkylation sites (tertiary alicyclic amines) is 1. The smallest absolute Gasteiger partial charge is 0.410 e. The van der Waals surface area contributed by atoms with Crippen LogP contribution >= 0.6 is 0 Å². The number of fused-ring (bicyclic) bond motifs is 1. The quantitative estimate of drug-likeness (QED) is 0.713. The van der Waals surface area contributed by atoms with Gasteiger partial charge in [0.2, 0.25) is 0 Å². The maximum atomic E-state index is 11.8. The summed E-state index contributed by atoms with van der Waals surface area (Å²) in [7, 11) is 0. The topological polar surface area (TPSA) is 41.6 Å². The molecule has 2 fully saturated rings. The molecule has 1 N–H and O–H groups in total. The Bertz CT molecular complexity index is 281. The van der Waals surface area contributed by atoms with Gasteiger partial charge in [0.1, 0.15) is 5.60 Å². The third-order valence-electron chi connectivity index (χ3n) is 3.37. The van der Waals surface area contributed by atoms with Crippen molar-refractivity contribution in [2.75, 3.05) is 13.1 Å². The van der Waals surface area contributed by atoms with Crippen LogP contribution in [0.5, 0.6) is 0 Å². The van der Waals surface area contributed by atoms with Gasteiger partial charge in [-0.05, 0) is 27.2 Å². The van der Waals surface area contributed by atoms with E-state index in [9.17, 15) is 4.79 Å². The molecule has 2 saturated heterocycles. The summed E-state index contributed by atoms with van der Waals surface area (Å²) in [5.41, 5.74) is -0.185. The van der Waals surface area contributed by atoms with Crippen LogP contribution in [0.3, 0.4) is 0 Å². The lowest BCUT2D eigenvalue weighted by Crippen LogP contribution is -2.87. The molecule has 4 heteroatoms. The Balaban J connectivity index is 1.91. The van der Waals surface area contributed by atoms with Crippen molar-refractivity contribution in [3.05, 3.63) is 0 Å². The zero-order valence-electron chi connectivity index (χ0n) is 9.96. The monoisotopic (exact) mass is 212 g/mol. The van der Waals surface area contributed by atoms with Gasteiger partial charge in [0.25, 0.3) is 0 Å². The molecule has 4 nitrogen and oxygen atoms in total. The van der Waals surface area contributed by atoms with Crippen LogP contribution in [0, 0.1) is 0 Å². The van der Waals surface area contributed by atoms with Crippen molar-refractivity contribution < 1.29 is 9.53 Å². The van der Waals surface area contributed by atoms with Gasteiger partial charge < -0.3 is 15.0 Å². The van der Waals surface area contributed by atoms with Crippen molar-refractivity contribution in [3.8, 4) is 0 Å². The number of carbonyl (C=O) groups is 1. The van der Waals surface area contributed by atoms with Crippen molar-refractivity contribution in [3.63, 3.8) is 0 Å². The zero-order chi connectivity index (χ0) is 11.3. The summed E-state index contributed by atoms with van der Waals surface area (Å²) in [4.78, 5) is 13.6. The number of amides is 1. The maximum absolute atomic E-state index is 11.8. The molecule has 0 aromatic carbocycles. The van der Waals surface area contributed by atoms with E-state index < -0.39 is 5.60 Å². The summed E-state index contributed by atoms with van der Waals surface area (Å²) < 4.78 is 5.34. The molecule has 1 amide bonds. The Kier molecular flexibility index (Phi) is 2.23. The van der Waals surface area contributed by atoms with E-state index in [1.54, 1.807) is 0 Å². The Hall–Kier alpha value is -0.770. The van der Waals surface area contributed by atoms with Gasteiger partial charge in [-0.15, -0.1) is 0 Å². The van der Waals surface area contributed by atoms with Gasteiger partial charge >= 0.3 is 6.09 Å². The van der Waals surface area contributed by atoms with E-state index >= 15 is 0 Å². The number of hydrogen-bond donors (Lipinski definition) is 1. The highest BCUT2D eigenvalue weighted by molar-refractivity contribution is 5.71. The van der Waals surface area contributed by atoms with Crippen LogP contribution in [-0.4, -0.2) is 41.3 Å². The molecule has 0 spiro atoms. The summed E-state index contributed by atoms with van der Waals surface area (Å²) in [6.45, 7) is 9.56. The number of hydrogen-bond acceptors (Lipinski definition) is 3. The second-order valence-electron chi connectivity index (χ2n) is 5.51. The first-order valence-electron chi connectivity index (χ1n) is 5.63. The minimum Gasteiger partial charge on any atom is -0.444 e. The highest BCUT2D eigenvalue weighted by atomic mass is 16.6. The molecular formula is C11H20N2O2. The number of nitrogens with zero attached hydrogens (tertiary/aromatic N) is 1. The SMILES string of the molecule is CC[C@@]12CN(C(=O)OC(C)(C)C)C1CN2. The highest BCUT2D eigenvalue weighted by Gasteiger charge is 2.60. The lowest BCUT2D eigenvalue weighted by molar-refractivity contribution is -0.0987. The van der Waals surface area contributed by atoms with Crippen LogP contribution < -0.4 is 5.32 Å². The van der Waals surface area contributed by atoms with E-state index in [0.29, 0.717) is 6.04 Å². The molecule has 0 aromatic rings. The zero-order valence-corrected chi connectivity index (χ0v) is 9.96. The third kappa shape index (κ3) is 1.61. The second kappa shape index (κ2) is 3.11. The molecular weight excluding hydrogens is 192 g/mol. The summed E-state index contributed by atoms with van der Waals surface area (Å²) in [6.07, 6.45) is 0.912. The standard InChI is InChI=1S/C11H20N2O2/c1-5-11-7-13(8(11)6-12-11)9(14)15-10(2,3)4/h8,12H,5-7H2,1-4H3/t8?,11-/m1/s1. The fourth-order valence-electron chi connectivity index (χ4n) is 2.34. The molecule has 2 aliphatic rings. The lowest BCUT2D eigenvalue weighted by atomic mass is 9.71. The van der Waals surface area contributed by atoms with E-state index in [1.165, 1.54) is 0 Å². The average Bonchev–Trinajstić information content (AvgIpc) is 2.06. The van der Waals surface area contributed by atoms with Crippen LogP contribution in [0.1, 0.15) is 34.1 Å². The molecule has 0 saturated carbocycles. The summed E-state index contributed by atoms with van der Waals surface area (Å²) in [6, 6.07) is 0.359. The lowest BCUT2D eigenvalue weighted by Gasteiger charge is -2.64. The van der Waals surface area contributed by atoms with Gasteiger partial charge in [-0.25, -0.2) is 4.79 Å². The molecule has 0 aromatic heterocycles. The fraction of sp³-hybridized carbons (Fsp3) is 0.909. The van der Waals surface area contributed by atoms with Gasteiger partial charge in [0, 0.05) is 13.1 Å². The van der Waals surface area contributed by atoms with Crippen LogP contribution in [0.15, 0.2) is 0 Å². The van der Waals surface area contributed by atoms with Crippen LogP contribution in [0.2, 0.25) is 0 Å². The molecule has 2 aliphatic heterocycles. The molecule has 86 valence electrons. The first-order valence-corrected chi connectivity index (χ1v) is 5.63. The van der Waals surface area contributed by atoms with Crippen molar-refractivity contribution in [1.29, 1.82) is 0 Å². The minimum atomic E-state index is -0.390. The van der Waals surface area contributed by atoms with E-state index in [2.05, 4.69) is 12.2 Å². The average molecular weight is 212 g/mol. The van der Waals surface area contributed by atoms with Crippen LogP contribution in [0.25, 0.3) is 0 Å². The second-order valence-corrected chi connectivity index (χ2v) is 5.51. The Morgan fingerprint density at radius 1 is 1.60 bits per heavy atom. The van der Waals surface area contributed by atoms with Crippen molar-refractivity contribution in [2.24, 2.45) is 0 Å². The van der Waals surface area contributed by atoms with Crippen molar-refractivity contribution in [1.82, 2.24) is 10.2 Å². The third-order valence-corrected chi connectivity index (χ3v) is 3.37. The molecule has 1 unspecified atom stereocenters. The van der Waals surface area contributed by atoms with E-state index in [4.69, 9.17) is 4.74 Å². The number of carbonyl (C=O) groups excluding carboxylic acids is 1. The Labute approximate surface area is 91.0 Å². The number of ether oxygens (including phenoxy) is 1. The van der Waals surface area contributed by atoms with Gasteiger partial charge in [-0.1, -0.05) is 6.92 Å².